The number of β-amino-alcohol motifs (C(OH)–C–C–N with tert-alkyl or cyclic N) is 1. The molecule has 1 fully saturated rings. The molecule has 17 heavy (non-hydrogen) atoms. The van der Waals surface area contributed by atoms with Crippen LogP contribution in [0, 0.1) is 0 Å². The predicted molar refractivity (Wildman–Crippen MR) is 61.8 cm³/mol. The van der Waals surface area contributed by atoms with E-state index in [0.29, 0.717) is 24.5 Å². The molecular weight excluding hydrogens is 222 g/mol. The Balaban J connectivity index is 2.03. The van der Waals surface area contributed by atoms with E-state index in [-0.39, 0.29) is 11.9 Å². The lowest BCUT2D eigenvalue weighted by Crippen LogP contribution is -2.35. The maximum absolute atomic E-state index is 11.9. The van der Waals surface area contributed by atoms with Crippen LogP contribution in [0.4, 0.5) is 5.69 Å². The third-order valence-electron chi connectivity index (χ3n) is 2.65. The highest BCUT2D eigenvalue weighted by Gasteiger charge is 2.28. The molecule has 6 heteroatoms. The Kier molecular flexibility index (Phi) is 3.55. The number of aliphatic hydroxyl groups is 1. The van der Waals surface area contributed by atoms with Crippen molar-refractivity contribution in [2.45, 2.75) is 18.6 Å². The molecule has 6 nitrogen and oxygen atoms in total. The second-order valence-electron chi connectivity index (χ2n) is 3.90. The van der Waals surface area contributed by atoms with Gasteiger partial charge in [-0.05, 0) is 18.6 Å². The number of nitrogens with one attached hydrogen (secondary N) is 2. The van der Waals surface area contributed by atoms with Gasteiger partial charge in [0.15, 0.2) is 0 Å². The predicted octanol–water partition coefficient (Wildman–Crippen LogP) is -0.249. The highest BCUT2D eigenvalue weighted by Crippen LogP contribution is 2.20. The number of rotatable bonds is 3. The molecule has 1 saturated heterocycles. The van der Waals surface area contributed by atoms with E-state index in [0.717, 1.165) is 0 Å². The normalized spacial score (nSPS) is 23.4. The van der Waals surface area contributed by atoms with E-state index in [4.69, 9.17) is 4.74 Å². The van der Waals surface area contributed by atoms with Crippen molar-refractivity contribution in [3.8, 4) is 5.88 Å². The van der Waals surface area contributed by atoms with Crippen LogP contribution < -0.4 is 15.4 Å². The lowest BCUT2D eigenvalue weighted by molar-refractivity contribution is -0.117. The zero-order valence-electron chi connectivity index (χ0n) is 9.51. The Labute approximate surface area is 99.0 Å². The molecule has 3 N–H and O–H groups in total. The fourth-order valence-corrected chi connectivity index (χ4v) is 1.79. The summed E-state index contributed by atoms with van der Waals surface area (Å²) in [5, 5.41) is 15.0. The summed E-state index contributed by atoms with van der Waals surface area (Å²) in [4.78, 5) is 15.8. The Morgan fingerprint density at radius 2 is 2.53 bits per heavy atom. The first-order valence-electron chi connectivity index (χ1n) is 5.42. The zero-order chi connectivity index (χ0) is 12.3. The van der Waals surface area contributed by atoms with E-state index in [1.165, 1.54) is 7.11 Å². The summed E-state index contributed by atoms with van der Waals surface area (Å²) in [6, 6.07) is 3.07. The maximum atomic E-state index is 11.9. The molecule has 1 aliphatic rings. The average Bonchev–Trinajstić information content (AvgIpc) is 2.77. The summed E-state index contributed by atoms with van der Waals surface area (Å²) in [5.74, 6) is 0.187. The van der Waals surface area contributed by atoms with Crippen LogP contribution in [0.5, 0.6) is 5.88 Å². The van der Waals surface area contributed by atoms with Crippen LogP contribution in [0.3, 0.4) is 0 Å². The van der Waals surface area contributed by atoms with E-state index in [2.05, 4.69) is 15.6 Å². The van der Waals surface area contributed by atoms with E-state index < -0.39 is 6.10 Å². The molecule has 0 aliphatic carbocycles. The number of amides is 1. The van der Waals surface area contributed by atoms with Gasteiger partial charge in [-0.25, -0.2) is 4.98 Å². The number of anilines is 1. The van der Waals surface area contributed by atoms with Gasteiger partial charge in [-0.15, -0.1) is 0 Å². The van der Waals surface area contributed by atoms with Crippen molar-refractivity contribution in [1.29, 1.82) is 0 Å². The van der Waals surface area contributed by atoms with Crippen LogP contribution >= 0.6 is 0 Å². The number of hydrogen-bond acceptors (Lipinski definition) is 5. The number of nitrogens with zero attached hydrogens (tertiary/aromatic N) is 1. The van der Waals surface area contributed by atoms with Crippen molar-refractivity contribution in [2.75, 3.05) is 19.0 Å². The summed E-state index contributed by atoms with van der Waals surface area (Å²) in [7, 11) is 1.50. The van der Waals surface area contributed by atoms with Gasteiger partial charge < -0.3 is 20.5 Å². The summed E-state index contributed by atoms with van der Waals surface area (Å²) >= 11 is 0. The van der Waals surface area contributed by atoms with Crippen molar-refractivity contribution in [2.24, 2.45) is 0 Å². The molecule has 0 saturated carbocycles. The van der Waals surface area contributed by atoms with Gasteiger partial charge in [0.05, 0.1) is 19.3 Å². The van der Waals surface area contributed by atoms with Gasteiger partial charge in [0.2, 0.25) is 11.8 Å². The first-order valence-corrected chi connectivity index (χ1v) is 5.42. The monoisotopic (exact) mass is 237 g/mol. The lowest BCUT2D eigenvalue weighted by atomic mass is 10.2. The molecule has 0 bridgehead atoms. The molecular formula is C11H15N3O3. The van der Waals surface area contributed by atoms with Crippen LogP contribution in [0.2, 0.25) is 0 Å². The highest BCUT2D eigenvalue weighted by atomic mass is 16.5. The van der Waals surface area contributed by atoms with Crippen LogP contribution in [0.1, 0.15) is 6.42 Å². The minimum absolute atomic E-state index is 0.187. The fraction of sp³-hybridized carbons (Fsp3) is 0.455. The smallest absolute Gasteiger partial charge is 0.241 e. The molecule has 0 aromatic carbocycles. The molecule has 0 spiro atoms. The van der Waals surface area contributed by atoms with Crippen molar-refractivity contribution in [3.05, 3.63) is 18.3 Å². The summed E-state index contributed by atoms with van der Waals surface area (Å²) in [6.45, 7) is 0.447. The molecule has 1 amide bonds. The highest BCUT2D eigenvalue weighted by molar-refractivity contribution is 5.96. The molecule has 2 unspecified atom stereocenters. The van der Waals surface area contributed by atoms with E-state index in [1.807, 2.05) is 0 Å². The van der Waals surface area contributed by atoms with Crippen molar-refractivity contribution >= 4 is 11.6 Å². The molecule has 1 aromatic heterocycles. The molecule has 2 heterocycles. The zero-order valence-corrected chi connectivity index (χ0v) is 9.51. The second kappa shape index (κ2) is 5.11. The number of carbonyl (C=O) groups is 1. The first-order chi connectivity index (χ1) is 8.20. The van der Waals surface area contributed by atoms with Crippen LogP contribution in [0.25, 0.3) is 0 Å². The van der Waals surface area contributed by atoms with Crippen LogP contribution in [-0.4, -0.2) is 41.8 Å². The average molecular weight is 237 g/mol. The lowest BCUT2D eigenvalue weighted by Gasteiger charge is -2.12. The molecule has 2 rings (SSSR count). The molecule has 1 aliphatic heterocycles. The van der Waals surface area contributed by atoms with Crippen molar-refractivity contribution in [3.63, 3.8) is 0 Å². The Morgan fingerprint density at radius 1 is 1.71 bits per heavy atom. The fourth-order valence-electron chi connectivity index (χ4n) is 1.79. The van der Waals surface area contributed by atoms with Gasteiger partial charge in [-0.2, -0.15) is 0 Å². The first kappa shape index (κ1) is 11.8. The second-order valence-corrected chi connectivity index (χ2v) is 3.90. The van der Waals surface area contributed by atoms with Crippen LogP contribution in [-0.2, 0) is 4.79 Å². The number of ether oxygens (including phenoxy) is 1. The van der Waals surface area contributed by atoms with E-state index in [1.54, 1.807) is 18.3 Å². The van der Waals surface area contributed by atoms with Gasteiger partial charge in [-0.1, -0.05) is 0 Å². The van der Waals surface area contributed by atoms with Gasteiger partial charge >= 0.3 is 0 Å². The SMILES string of the molecule is COc1ncccc1NC(=O)C1CC(O)CN1. The maximum Gasteiger partial charge on any atom is 0.241 e. The van der Waals surface area contributed by atoms with Crippen LogP contribution in [0.15, 0.2) is 18.3 Å². The number of aliphatic hydroxyl groups excluding tert-OH is 1. The van der Waals surface area contributed by atoms with E-state index in [9.17, 15) is 9.90 Å². The molecule has 2 atom stereocenters. The topological polar surface area (TPSA) is 83.5 Å². The van der Waals surface area contributed by atoms with Crippen molar-refractivity contribution in [1.82, 2.24) is 10.3 Å². The van der Waals surface area contributed by atoms with Gasteiger partial charge in [-0.3, -0.25) is 4.79 Å². The minimum Gasteiger partial charge on any atom is -0.480 e. The number of aromatic nitrogens is 1. The number of pyridine rings is 1. The summed E-state index contributed by atoms with van der Waals surface area (Å²) < 4.78 is 5.03. The number of carbonyl (C=O) groups excluding carboxylic acids is 1. The molecule has 92 valence electrons. The largest absolute Gasteiger partial charge is 0.480 e. The number of hydrogen-bond donors (Lipinski definition) is 3. The standard InChI is InChI=1S/C11H15N3O3/c1-17-11-8(3-2-4-12-11)14-10(16)9-5-7(15)6-13-9/h2-4,7,9,13,15H,5-6H2,1H3,(H,14,16). The number of methoxy groups -OCH3 is 1. The van der Waals surface area contributed by atoms with Gasteiger partial charge in [0.1, 0.15) is 5.69 Å². The summed E-state index contributed by atoms with van der Waals surface area (Å²) in [6.07, 6.45) is 1.56. The third kappa shape index (κ3) is 2.72. The van der Waals surface area contributed by atoms with Crippen molar-refractivity contribution < 1.29 is 14.6 Å². The Hall–Kier alpha value is -1.66. The van der Waals surface area contributed by atoms with Gasteiger partial charge in [0.25, 0.3) is 0 Å². The molecule has 1 aromatic rings. The third-order valence-corrected chi connectivity index (χ3v) is 2.65. The van der Waals surface area contributed by atoms with E-state index >= 15 is 0 Å². The summed E-state index contributed by atoms with van der Waals surface area (Å²) in [5.41, 5.74) is 0.531. The minimum atomic E-state index is -0.457. The molecule has 0 radical (unpaired) electrons. The quantitative estimate of drug-likeness (QED) is 0.675. The Bertz CT molecular complexity index is 411. The van der Waals surface area contributed by atoms with Gasteiger partial charge in [0, 0.05) is 12.7 Å². The Morgan fingerprint density at radius 3 is 3.18 bits per heavy atom.